The summed E-state index contributed by atoms with van der Waals surface area (Å²) in [5.41, 5.74) is 6.21. The van der Waals surface area contributed by atoms with Crippen LogP contribution in [0, 0.1) is 0 Å². The SMILES string of the molecule is Nc1nc(CNC(=O)COc2ccc(Cl)cc2Cl)cs1. The lowest BCUT2D eigenvalue weighted by Gasteiger charge is -2.08. The molecule has 0 spiro atoms. The molecule has 2 rings (SSSR count). The first-order valence-electron chi connectivity index (χ1n) is 5.59. The van der Waals surface area contributed by atoms with E-state index >= 15 is 0 Å². The quantitative estimate of drug-likeness (QED) is 0.883. The molecule has 1 heterocycles. The van der Waals surface area contributed by atoms with Gasteiger partial charge in [0, 0.05) is 10.4 Å². The van der Waals surface area contributed by atoms with Crippen LogP contribution in [0.1, 0.15) is 5.69 Å². The van der Waals surface area contributed by atoms with Gasteiger partial charge in [-0.1, -0.05) is 23.2 Å². The number of amides is 1. The molecular formula is C12H11Cl2N3O2S. The maximum absolute atomic E-state index is 11.6. The number of nitrogens with two attached hydrogens (primary N) is 1. The minimum Gasteiger partial charge on any atom is -0.482 e. The van der Waals surface area contributed by atoms with Gasteiger partial charge >= 0.3 is 0 Å². The molecular weight excluding hydrogens is 321 g/mol. The van der Waals surface area contributed by atoms with Gasteiger partial charge in [0.15, 0.2) is 11.7 Å². The van der Waals surface area contributed by atoms with Crippen LogP contribution in [0.5, 0.6) is 5.75 Å². The fraction of sp³-hybridized carbons (Fsp3) is 0.167. The lowest BCUT2D eigenvalue weighted by Crippen LogP contribution is -2.28. The first-order chi connectivity index (χ1) is 9.54. The van der Waals surface area contributed by atoms with E-state index in [0.717, 1.165) is 0 Å². The van der Waals surface area contributed by atoms with Crippen molar-refractivity contribution >= 4 is 45.6 Å². The zero-order valence-corrected chi connectivity index (χ0v) is 12.6. The van der Waals surface area contributed by atoms with Crippen LogP contribution < -0.4 is 15.8 Å². The molecule has 0 radical (unpaired) electrons. The van der Waals surface area contributed by atoms with Crippen LogP contribution in [0.25, 0.3) is 0 Å². The Labute approximate surface area is 129 Å². The molecule has 0 fully saturated rings. The van der Waals surface area contributed by atoms with Gasteiger partial charge < -0.3 is 15.8 Å². The summed E-state index contributed by atoms with van der Waals surface area (Å²) in [5, 5.41) is 5.79. The fourth-order valence-electron chi connectivity index (χ4n) is 1.38. The molecule has 106 valence electrons. The van der Waals surface area contributed by atoms with Gasteiger partial charge in [0.25, 0.3) is 5.91 Å². The van der Waals surface area contributed by atoms with Crippen LogP contribution in [0.2, 0.25) is 10.0 Å². The average molecular weight is 332 g/mol. The Kier molecular flexibility index (Phi) is 5.05. The fourth-order valence-corrected chi connectivity index (χ4v) is 2.41. The highest BCUT2D eigenvalue weighted by Gasteiger charge is 2.07. The monoisotopic (exact) mass is 331 g/mol. The number of carbonyl (C=O) groups excluding carboxylic acids is 1. The van der Waals surface area contributed by atoms with Crippen LogP contribution in [-0.2, 0) is 11.3 Å². The summed E-state index contributed by atoms with van der Waals surface area (Å²) in [6, 6.07) is 4.80. The number of hydrogen-bond donors (Lipinski definition) is 2. The lowest BCUT2D eigenvalue weighted by atomic mass is 10.3. The van der Waals surface area contributed by atoms with E-state index < -0.39 is 0 Å². The van der Waals surface area contributed by atoms with E-state index in [1.807, 2.05) is 0 Å². The van der Waals surface area contributed by atoms with E-state index in [1.54, 1.807) is 23.6 Å². The summed E-state index contributed by atoms with van der Waals surface area (Å²) < 4.78 is 5.30. The first-order valence-corrected chi connectivity index (χ1v) is 7.22. The van der Waals surface area contributed by atoms with Gasteiger partial charge in [-0.05, 0) is 18.2 Å². The van der Waals surface area contributed by atoms with E-state index in [0.29, 0.717) is 33.2 Å². The molecule has 0 atom stereocenters. The van der Waals surface area contributed by atoms with Gasteiger partial charge in [-0.3, -0.25) is 4.79 Å². The molecule has 0 unspecified atom stereocenters. The number of nitrogen functional groups attached to an aromatic ring is 1. The second kappa shape index (κ2) is 6.78. The number of halogens is 2. The minimum atomic E-state index is -0.275. The smallest absolute Gasteiger partial charge is 0.258 e. The molecule has 1 aromatic carbocycles. The van der Waals surface area contributed by atoms with Crippen molar-refractivity contribution in [1.82, 2.24) is 10.3 Å². The predicted molar refractivity (Wildman–Crippen MR) is 80.3 cm³/mol. The van der Waals surface area contributed by atoms with E-state index in [9.17, 15) is 4.79 Å². The Morgan fingerprint density at radius 3 is 2.90 bits per heavy atom. The van der Waals surface area contributed by atoms with Crippen molar-refractivity contribution in [2.24, 2.45) is 0 Å². The minimum absolute atomic E-state index is 0.138. The Balaban J connectivity index is 1.80. The number of thiazole rings is 1. The molecule has 20 heavy (non-hydrogen) atoms. The number of aromatic nitrogens is 1. The number of nitrogens with one attached hydrogen (secondary N) is 1. The number of hydrogen-bond acceptors (Lipinski definition) is 5. The Hall–Kier alpha value is -1.50. The molecule has 0 bridgehead atoms. The second-order valence-corrected chi connectivity index (χ2v) is 5.55. The summed E-state index contributed by atoms with van der Waals surface area (Å²) in [6.07, 6.45) is 0. The molecule has 1 amide bonds. The van der Waals surface area contributed by atoms with Crippen LogP contribution in [0.3, 0.4) is 0 Å². The first kappa shape index (κ1) is 14.9. The molecule has 0 aliphatic carbocycles. The van der Waals surface area contributed by atoms with Crippen molar-refractivity contribution in [2.45, 2.75) is 6.54 Å². The van der Waals surface area contributed by atoms with Gasteiger partial charge in [-0.15, -0.1) is 11.3 Å². The normalized spacial score (nSPS) is 10.3. The molecule has 2 aromatic rings. The van der Waals surface area contributed by atoms with Crippen molar-refractivity contribution in [1.29, 1.82) is 0 Å². The van der Waals surface area contributed by atoms with Gasteiger partial charge in [-0.25, -0.2) is 4.98 Å². The average Bonchev–Trinajstić information content (AvgIpc) is 2.81. The molecule has 0 aliphatic rings. The van der Waals surface area contributed by atoms with Gasteiger partial charge in [-0.2, -0.15) is 0 Å². The summed E-state index contributed by atoms with van der Waals surface area (Å²) in [7, 11) is 0. The van der Waals surface area contributed by atoms with E-state index in [4.69, 9.17) is 33.7 Å². The van der Waals surface area contributed by atoms with Crippen LogP contribution >= 0.6 is 34.5 Å². The third kappa shape index (κ3) is 4.26. The Morgan fingerprint density at radius 2 is 2.25 bits per heavy atom. The van der Waals surface area contributed by atoms with Crippen LogP contribution in [0.4, 0.5) is 5.13 Å². The summed E-state index contributed by atoms with van der Waals surface area (Å²) in [5.74, 6) is 0.131. The molecule has 0 aliphatic heterocycles. The number of benzene rings is 1. The van der Waals surface area contributed by atoms with Gasteiger partial charge in [0.1, 0.15) is 5.75 Å². The molecule has 0 saturated carbocycles. The summed E-state index contributed by atoms with van der Waals surface area (Å²) in [6.45, 7) is 0.172. The van der Waals surface area contributed by atoms with E-state index in [2.05, 4.69) is 10.3 Å². The van der Waals surface area contributed by atoms with Crippen molar-refractivity contribution in [3.8, 4) is 5.75 Å². The third-order valence-corrected chi connectivity index (χ3v) is 3.54. The zero-order chi connectivity index (χ0) is 14.5. The van der Waals surface area contributed by atoms with Crippen molar-refractivity contribution in [3.63, 3.8) is 0 Å². The van der Waals surface area contributed by atoms with E-state index in [1.165, 1.54) is 11.3 Å². The second-order valence-electron chi connectivity index (χ2n) is 3.82. The highest BCUT2D eigenvalue weighted by molar-refractivity contribution is 7.13. The molecule has 5 nitrogen and oxygen atoms in total. The lowest BCUT2D eigenvalue weighted by molar-refractivity contribution is -0.123. The largest absolute Gasteiger partial charge is 0.482 e. The number of carbonyl (C=O) groups is 1. The Bertz CT molecular complexity index is 618. The van der Waals surface area contributed by atoms with Crippen LogP contribution in [0.15, 0.2) is 23.6 Å². The standard InChI is InChI=1S/C12H11Cl2N3O2S/c13-7-1-2-10(9(14)3-7)19-5-11(18)16-4-8-6-20-12(15)17-8/h1-3,6H,4-5H2,(H2,15,17)(H,16,18). The molecule has 8 heteroatoms. The summed E-state index contributed by atoms with van der Waals surface area (Å²) in [4.78, 5) is 15.6. The van der Waals surface area contributed by atoms with Crippen molar-refractivity contribution < 1.29 is 9.53 Å². The maximum atomic E-state index is 11.6. The van der Waals surface area contributed by atoms with Gasteiger partial charge in [0.2, 0.25) is 0 Å². The highest BCUT2D eigenvalue weighted by Crippen LogP contribution is 2.27. The maximum Gasteiger partial charge on any atom is 0.258 e. The molecule has 0 saturated heterocycles. The summed E-state index contributed by atoms with van der Waals surface area (Å²) >= 11 is 13.0. The topological polar surface area (TPSA) is 77.2 Å². The zero-order valence-electron chi connectivity index (χ0n) is 10.2. The third-order valence-electron chi connectivity index (χ3n) is 2.29. The number of rotatable bonds is 5. The van der Waals surface area contributed by atoms with E-state index in [-0.39, 0.29) is 12.5 Å². The van der Waals surface area contributed by atoms with Gasteiger partial charge in [0.05, 0.1) is 17.3 Å². The predicted octanol–water partition coefficient (Wildman–Crippen LogP) is 2.73. The van der Waals surface area contributed by atoms with Crippen molar-refractivity contribution in [2.75, 3.05) is 12.3 Å². The number of nitrogens with zero attached hydrogens (tertiary/aromatic N) is 1. The highest BCUT2D eigenvalue weighted by atomic mass is 35.5. The molecule has 3 N–H and O–H groups in total. The number of ether oxygens (including phenoxy) is 1. The van der Waals surface area contributed by atoms with Crippen LogP contribution in [-0.4, -0.2) is 17.5 Å². The van der Waals surface area contributed by atoms with Crippen molar-refractivity contribution in [3.05, 3.63) is 39.3 Å². The number of anilines is 1. The Morgan fingerprint density at radius 1 is 1.45 bits per heavy atom. The molecule has 1 aromatic heterocycles.